The van der Waals surface area contributed by atoms with E-state index >= 15 is 0 Å². The minimum absolute atomic E-state index is 0.946. The summed E-state index contributed by atoms with van der Waals surface area (Å²) in [6.07, 6.45) is 0. The molecule has 0 aliphatic rings. The third-order valence-electron chi connectivity index (χ3n) is 4.20. The van der Waals surface area contributed by atoms with Crippen LogP contribution in [0.5, 0.6) is 0 Å². The predicted octanol–water partition coefficient (Wildman–Crippen LogP) is 5.09. The van der Waals surface area contributed by atoms with Gasteiger partial charge in [-0.15, -0.1) is 0 Å². The zero-order chi connectivity index (χ0) is 14.5. The maximum Gasteiger partial charge on any atom is 0.0972 e. The lowest BCUT2D eigenvalue weighted by atomic mass is 10.1. The Hall–Kier alpha value is -3.00. The smallest absolute Gasteiger partial charge is 0.0972 e. The van der Waals surface area contributed by atoms with E-state index in [0.29, 0.717) is 0 Å². The lowest BCUT2D eigenvalue weighted by Crippen LogP contribution is -1.89. The quantitative estimate of drug-likeness (QED) is 0.292. The minimum Gasteiger partial charge on any atom is -0.244 e. The predicted molar refractivity (Wildman–Crippen MR) is 92.1 cm³/mol. The van der Waals surface area contributed by atoms with Crippen LogP contribution in [0, 0.1) is 0 Å². The molecule has 0 aliphatic carbocycles. The number of aromatic nitrogens is 2. The molecule has 0 aliphatic heterocycles. The topological polar surface area (TPSA) is 25.8 Å². The van der Waals surface area contributed by atoms with Crippen LogP contribution in [-0.4, -0.2) is 9.97 Å². The molecule has 0 spiro atoms. The highest BCUT2D eigenvalue weighted by Gasteiger charge is 2.06. The number of nitrogens with zero attached hydrogens (tertiary/aromatic N) is 2. The molecular weight excluding hydrogens is 268 g/mol. The van der Waals surface area contributed by atoms with E-state index < -0.39 is 0 Å². The van der Waals surface area contributed by atoms with Gasteiger partial charge in [-0.05, 0) is 34.4 Å². The first kappa shape index (κ1) is 11.6. The molecule has 5 aromatic rings. The van der Waals surface area contributed by atoms with Crippen LogP contribution in [0.1, 0.15) is 0 Å². The molecule has 1 aromatic heterocycles. The van der Waals surface area contributed by atoms with E-state index in [1.807, 2.05) is 6.07 Å². The van der Waals surface area contributed by atoms with Gasteiger partial charge in [0.05, 0.1) is 22.1 Å². The summed E-state index contributed by atoms with van der Waals surface area (Å²) in [6, 6.07) is 25.1. The van der Waals surface area contributed by atoms with Crippen molar-refractivity contribution in [2.45, 2.75) is 0 Å². The van der Waals surface area contributed by atoms with Crippen molar-refractivity contribution in [2.24, 2.45) is 0 Å². The molecule has 0 saturated carbocycles. The maximum absolute atomic E-state index is 4.89. The van der Waals surface area contributed by atoms with E-state index in [1.165, 1.54) is 16.2 Å². The van der Waals surface area contributed by atoms with Crippen molar-refractivity contribution in [1.29, 1.82) is 0 Å². The molecule has 5 rings (SSSR count). The third kappa shape index (κ3) is 1.61. The number of hydrogen-bond donors (Lipinski definition) is 0. The van der Waals surface area contributed by atoms with Gasteiger partial charge in [-0.25, -0.2) is 9.97 Å². The molecule has 22 heavy (non-hydrogen) atoms. The molecule has 1 heterocycles. The van der Waals surface area contributed by atoms with E-state index in [9.17, 15) is 0 Å². The molecule has 0 N–H and O–H groups in total. The van der Waals surface area contributed by atoms with Gasteiger partial charge >= 0.3 is 0 Å². The van der Waals surface area contributed by atoms with Crippen LogP contribution < -0.4 is 0 Å². The summed E-state index contributed by atoms with van der Waals surface area (Å²) < 4.78 is 0. The van der Waals surface area contributed by atoms with Crippen molar-refractivity contribution >= 4 is 43.6 Å². The van der Waals surface area contributed by atoms with E-state index in [4.69, 9.17) is 9.97 Å². The van der Waals surface area contributed by atoms with Gasteiger partial charge in [0, 0.05) is 5.39 Å². The fourth-order valence-corrected chi connectivity index (χ4v) is 3.10. The fraction of sp³-hybridized carbons (Fsp3) is 0. The molecule has 102 valence electrons. The second kappa shape index (κ2) is 4.25. The first-order chi connectivity index (χ1) is 10.9. The number of benzene rings is 4. The largest absolute Gasteiger partial charge is 0.244 e. The van der Waals surface area contributed by atoms with Gasteiger partial charge in [-0.2, -0.15) is 0 Å². The zero-order valence-corrected chi connectivity index (χ0v) is 11.8. The summed E-state index contributed by atoms with van der Waals surface area (Å²) in [5.41, 5.74) is 3.81. The normalized spacial score (nSPS) is 11.6. The van der Waals surface area contributed by atoms with E-state index in [2.05, 4.69) is 66.7 Å². The molecule has 0 atom stereocenters. The Labute approximate surface area is 127 Å². The standard InChI is InChI=1S/C20H12N2/c1-2-7-15-12-19-18(11-14(15)6-1)21-17-10-9-13-5-3-4-8-16(13)20(17)22-19/h1-12H. The van der Waals surface area contributed by atoms with Crippen LogP contribution in [0.15, 0.2) is 72.8 Å². The molecule has 0 bridgehead atoms. The van der Waals surface area contributed by atoms with Crippen molar-refractivity contribution in [1.82, 2.24) is 9.97 Å². The Kier molecular flexibility index (Phi) is 2.25. The zero-order valence-electron chi connectivity index (χ0n) is 11.8. The van der Waals surface area contributed by atoms with E-state index in [-0.39, 0.29) is 0 Å². The molecular formula is C20H12N2. The molecule has 0 saturated heterocycles. The second-order valence-corrected chi connectivity index (χ2v) is 5.57. The fourth-order valence-electron chi connectivity index (χ4n) is 3.10. The number of fused-ring (bicyclic) bond motifs is 5. The highest BCUT2D eigenvalue weighted by Crippen LogP contribution is 2.26. The first-order valence-electron chi connectivity index (χ1n) is 7.36. The average Bonchev–Trinajstić information content (AvgIpc) is 2.58. The van der Waals surface area contributed by atoms with Crippen molar-refractivity contribution in [3.63, 3.8) is 0 Å². The van der Waals surface area contributed by atoms with Crippen LogP contribution in [-0.2, 0) is 0 Å². The third-order valence-corrected chi connectivity index (χ3v) is 4.20. The molecule has 4 aromatic carbocycles. The Bertz CT molecular complexity index is 1170. The van der Waals surface area contributed by atoms with Gasteiger partial charge in [0.25, 0.3) is 0 Å². The van der Waals surface area contributed by atoms with Gasteiger partial charge in [-0.1, -0.05) is 54.6 Å². The SMILES string of the molecule is c1ccc2cc3nc4c(ccc5ccccc54)nc3cc2c1. The molecule has 0 amide bonds. The van der Waals surface area contributed by atoms with Crippen molar-refractivity contribution in [3.8, 4) is 0 Å². The van der Waals surface area contributed by atoms with Crippen LogP contribution in [0.2, 0.25) is 0 Å². The lowest BCUT2D eigenvalue weighted by molar-refractivity contribution is 1.42. The Morgan fingerprint density at radius 2 is 1.14 bits per heavy atom. The summed E-state index contributed by atoms with van der Waals surface area (Å²) >= 11 is 0. The molecule has 0 unspecified atom stereocenters. The highest BCUT2D eigenvalue weighted by atomic mass is 14.8. The van der Waals surface area contributed by atoms with Gasteiger partial charge in [0.1, 0.15) is 0 Å². The average molecular weight is 280 g/mol. The van der Waals surface area contributed by atoms with E-state index in [0.717, 1.165) is 27.5 Å². The Morgan fingerprint density at radius 3 is 1.91 bits per heavy atom. The van der Waals surface area contributed by atoms with Crippen LogP contribution >= 0.6 is 0 Å². The minimum atomic E-state index is 0.946. The second-order valence-electron chi connectivity index (χ2n) is 5.57. The molecule has 2 nitrogen and oxygen atoms in total. The number of rotatable bonds is 0. The van der Waals surface area contributed by atoms with Gasteiger partial charge in [-0.3, -0.25) is 0 Å². The monoisotopic (exact) mass is 280 g/mol. The molecule has 0 radical (unpaired) electrons. The van der Waals surface area contributed by atoms with Gasteiger partial charge in [0.2, 0.25) is 0 Å². The van der Waals surface area contributed by atoms with Gasteiger partial charge in [0.15, 0.2) is 0 Å². The molecule has 0 fully saturated rings. The maximum atomic E-state index is 4.89. The van der Waals surface area contributed by atoms with Crippen molar-refractivity contribution in [2.75, 3.05) is 0 Å². The number of hydrogen-bond acceptors (Lipinski definition) is 2. The van der Waals surface area contributed by atoms with Crippen LogP contribution in [0.4, 0.5) is 0 Å². The summed E-state index contributed by atoms with van der Waals surface area (Å²) in [5.74, 6) is 0. The summed E-state index contributed by atoms with van der Waals surface area (Å²) in [4.78, 5) is 9.71. The summed E-state index contributed by atoms with van der Waals surface area (Å²) in [6.45, 7) is 0. The Balaban J connectivity index is 1.98. The molecule has 2 heteroatoms. The lowest BCUT2D eigenvalue weighted by Gasteiger charge is -2.06. The summed E-state index contributed by atoms with van der Waals surface area (Å²) in [7, 11) is 0. The first-order valence-corrected chi connectivity index (χ1v) is 7.36. The van der Waals surface area contributed by atoms with Crippen LogP contribution in [0.3, 0.4) is 0 Å². The summed E-state index contributed by atoms with van der Waals surface area (Å²) in [5, 5.41) is 4.75. The van der Waals surface area contributed by atoms with Crippen molar-refractivity contribution < 1.29 is 0 Å². The van der Waals surface area contributed by atoms with Gasteiger partial charge < -0.3 is 0 Å². The highest BCUT2D eigenvalue weighted by molar-refractivity contribution is 6.07. The van der Waals surface area contributed by atoms with Crippen molar-refractivity contribution in [3.05, 3.63) is 72.8 Å². The van der Waals surface area contributed by atoms with E-state index in [1.54, 1.807) is 0 Å². The Morgan fingerprint density at radius 1 is 0.500 bits per heavy atom. The van der Waals surface area contributed by atoms with Crippen LogP contribution in [0.25, 0.3) is 43.6 Å².